The molecule has 1 amide bonds. The number of nitrogens with one attached hydrogen (secondary N) is 1. The quantitative estimate of drug-likeness (QED) is 0.937. The van der Waals surface area contributed by atoms with Crippen molar-refractivity contribution in [1.82, 2.24) is 9.97 Å². The number of benzene rings is 1. The molecule has 0 atom stereocenters. The van der Waals surface area contributed by atoms with E-state index in [1.54, 1.807) is 0 Å². The number of nitrogens with zero attached hydrogens (tertiary/aromatic N) is 2. The summed E-state index contributed by atoms with van der Waals surface area (Å²) >= 11 is 0. The fourth-order valence-electron chi connectivity index (χ4n) is 2.25. The molecule has 21 heavy (non-hydrogen) atoms. The first-order valence-electron chi connectivity index (χ1n) is 6.85. The third-order valence-corrected chi connectivity index (χ3v) is 3.08. The minimum atomic E-state index is -0.270. The first-order chi connectivity index (χ1) is 10.0. The molecule has 110 valence electrons. The lowest BCUT2D eigenvalue weighted by Crippen LogP contribution is -2.16. The van der Waals surface area contributed by atoms with Gasteiger partial charge in [0.1, 0.15) is 12.0 Å². The number of anilines is 1. The van der Waals surface area contributed by atoms with E-state index in [1.165, 1.54) is 18.0 Å². The maximum atomic E-state index is 12.3. The van der Waals surface area contributed by atoms with Crippen LogP contribution in [0.4, 0.5) is 5.69 Å². The smallest absolute Gasteiger partial charge is 0.274 e. The van der Waals surface area contributed by atoms with Crippen LogP contribution < -0.4 is 10.1 Å². The summed E-state index contributed by atoms with van der Waals surface area (Å²) in [5, 5.41) is 2.91. The van der Waals surface area contributed by atoms with E-state index < -0.39 is 0 Å². The summed E-state index contributed by atoms with van der Waals surface area (Å²) in [5.74, 6) is 0.128. The molecule has 0 bridgehead atoms. The van der Waals surface area contributed by atoms with E-state index >= 15 is 0 Å². The van der Waals surface area contributed by atoms with Crippen molar-refractivity contribution in [2.24, 2.45) is 0 Å². The average Bonchev–Trinajstić information content (AvgIpc) is 2.43. The third kappa shape index (κ3) is 3.56. The van der Waals surface area contributed by atoms with Crippen LogP contribution in [0.3, 0.4) is 0 Å². The number of carbonyl (C=O) groups is 1. The average molecular weight is 285 g/mol. The van der Waals surface area contributed by atoms with Gasteiger partial charge in [-0.3, -0.25) is 4.79 Å². The molecule has 0 saturated heterocycles. The Bertz CT molecular complexity index is 645. The van der Waals surface area contributed by atoms with Crippen molar-refractivity contribution < 1.29 is 9.53 Å². The van der Waals surface area contributed by atoms with Crippen LogP contribution in [0.25, 0.3) is 0 Å². The highest BCUT2D eigenvalue weighted by Gasteiger charge is 2.12. The van der Waals surface area contributed by atoms with Crippen molar-refractivity contribution in [2.45, 2.75) is 27.7 Å². The molecule has 0 unspecified atom stereocenters. The Morgan fingerprint density at radius 2 is 1.81 bits per heavy atom. The molecular formula is C16H19N3O2. The standard InChI is InChI=1S/C16H19N3O2/c1-5-21-14-8-13(17-9-18-14)16(20)19-15-11(3)6-10(2)7-12(15)4/h6-9H,5H2,1-4H3,(H,19,20). The lowest BCUT2D eigenvalue weighted by molar-refractivity contribution is 0.102. The summed E-state index contributed by atoms with van der Waals surface area (Å²) < 4.78 is 5.28. The summed E-state index contributed by atoms with van der Waals surface area (Å²) in [6, 6.07) is 5.61. The summed E-state index contributed by atoms with van der Waals surface area (Å²) in [6.07, 6.45) is 1.33. The second kappa shape index (κ2) is 6.35. The van der Waals surface area contributed by atoms with Gasteiger partial charge in [0.05, 0.1) is 6.61 Å². The predicted octanol–water partition coefficient (Wildman–Crippen LogP) is 3.05. The van der Waals surface area contributed by atoms with Gasteiger partial charge in [0.2, 0.25) is 5.88 Å². The Hall–Kier alpha value is -2.43. The highest BCUT2D eigenvalue weighted by Crippen LogP contribution is 2.22. The maximum absolute atomic E-state index is 12.3. The fourth-order valence-corrected chi connectivity index (χ4v) is 2.25. The lowest BCUT2D eigenvalue weighted by Gasteiger charge is -2.12. The molecule has 1 aromatic carbocycles. The molecule has 0 aliphatic heterocycles. The minimum absolute atomic E-state index is 0.270. The Balaban J connectivity index is 2.24. The zero-order valence-corrected chi connectivity index (χ0v) is 12.7. The number of aryl methyl sites for hydroxylation is 3. The molecular weight excluding hydrogens is 266 g/mol. The van der Waals surface area contributed by atoms with Gasteiger partial charge in [0.25, 0.3) is 5.91 Å². The summed E-state index contributed by atoms with van der Waals surface area (Å²) in [7, 11) is 0. The van der Waals surface area contributed by atoms with Gasteiger partial charge in [-0.05, 0) is 38.8 Å². The highest BCUT2D eigenvalue weighted by molar-refractivity contribution is 6.03. The molecule has 1 aromatic heterocycles. The van der Waals surface area contributed by atoms with Crippen LogP contribution in [0.5, 0.6) is 5.88 Å². The Morgan fingerprint density at radius 3 is 2.43 bits per heavy atom. The van der Waals surface area contributed by atoms with Crippen molar-refractivity contribution in [1.29, 1.82) is 0 Å². The summed E-state index contributed by atoms with van der Waals surface area (Å²) in [5.41, 5.74) is 4.33. The Labute approximate surface area is 124 Å². The predicted molar refractivity (Wildman–Crippen MR) is 81.8 cm³/mol. The van der Waals surface area contributed by atoms with Gasteiger partial charge < -0.3 is 10.1 Å². The number of ether oxygens (including phenoxy) is 1. The number of hydrogen-bond donors (Lipinski definition) is 1. The van der Waals surface area contributed by atoms with Crippen LogP contribution in [0, 0.1) is 20.8 Å². The first-order valence-corrected chi connectivity index (χ1v) is 6.85. The van der Waals surface area contributed by atoms with Crippen LogP contribution in [0.2, 0.25) is 0 Å². The van der Waals surface area contributed by atoms with Crippen molar-refractivity contribution in [3.63, 3.8) is 0 Å². The summed E-state index contributed by atoms with van der Waals surface area (Å²) in [6.45, 7) is 8.34. The zero-order chi connectivity index (χ0) is 15.4. The SMILES string of the molecule is CCOc1cc(C(=O)Nc2c(C)cc(C)cc2C)ncn1. The first kappa shape index (κ1) is 15.0. The molecule has 0 spiro atoms. The van der Waals surface area contributed by atoms with E-state index in [9.17, 15) is 4.79 Å². The number of carbonyl (C=O) groups excluding carboxylic acids is 1. The van der Waals surface area contributed by atoms with Crippen LogP contribution in [0.1, 0.15) is 34.1 Å². The molecule has 0 fully saturated rings. The molecule has 2 aromatic rings. The van der Waals surface area contributed by atoms with E-state index in [0.717, 1.165) is 16.8 Å². The zero-order valence-electron chi connectivity index (χ0n) is 12.7. The second-order valence-corrected chi connectivity index (χ2v) is 4.90. The fraction of sp³-hybridized carbons (Fsp3) is 0.312. The van der Waals surface area contributed by atoms with E-state index in [-0.39, 0.29) is 11.6 Å². The molecule has 2 rings (SSSR count). The number of rotatable bonds is 4. The molecule has 5 heteroatoms. The highest BCUT2D eigenvalue weighted by atomic mass is 16.5. The van der Waals surface area contributed by atoms with Crippen molar-refractivity contribution in [3.8, 4) is 5.88 Å². The third-order valence-electron chi connectivity index (χ3n) is 3.08. The Kier molecular flexibility index (Phi) is 4.52. The van der Waals surface area contributed by atoms with Crippen molar-refractivity contribution >= 4 is 11.6 Å². The van der Waals surface area contributed by atoms with Crippen LogP contribution >= 0.6 is 0 Å². The van der Waals surface area contributed by atoms with Crippen molar-refractivity contribution in [3.05, 3.63) is 46.9 Å². The van der Waals surface area contributed by atoms with Gasteiger partial charge in [-0.2, -0.15) is 0 Å². The van der Waals surface area contributed by atoms with E-state index in [1.807, 2.05) is 39.8 Å². The van der Waals surface area contributed by atoms with E-state index in [0.29, 0.717) is 12.5 Å². The van der Waals surface area contributed by atoms with Crippen molar-refractivity contribution in [2.75, 3.05) is 11.9 Å². The Morgan fingerprint density at radius 1 is 1.14 bits per heavy atom. The van der Waals surface area contributed by atoms with Gasteiger partial charge in [-0.25, -0.2) is 9.97 Å². The molecule has 0 aliphatic rings. The summed E-state index contributed by atoms with van der Waals surface area (Å²) in [4.78, 5) is 20.2. The van der Waals surface area contributed by atoms with E-state index in [2.05, 4.69) is 15.3 Å². The largest absolute Gasteiger partial charge is 0.478 e. The molecule has 1 heterocycles. The number of amides is 1. The van der Waals surface area contributed by atoms with Gasteiger partial charge in [-0.15, -0.1) is 0 Å². The maximum Gasteiger partial charge on any atom is 0.274 e. The van der Waals surface area contributed by atoms with E-state index in [4.69, 9.17) is 4.74 Å². The molecule has 0 aliphatic carbocycles. The topological polar surface area (TPSA) is 64.1 Å². The van der Waals surface area contributed by atoms with Gasteiger partial charge in [0, 0.05) is 11.8 Å². The van der Waals surface area contributed by atoms with Gasteiger partial charge in [0.15, 0.2) is 0 Å². The normalized spacial score (nSPS) is 10.3. The molecule has 5 nitrogen and oxygen atoms in total. The van der Waals surface area contributed by atoms with Crippen LogP contribution in [-0.2, 0) is 0 Å². The monoisotopic (exact) mass is 285 g/mol. The second-order valence-electron chi connectivity index (χ2n) is 4.90. The number of hydrogen-bond acceptors (Lipinski definition) is 4. The molecule has 1 N–H and O–H groups in total. The van der Waals surface area contributed by atoms with Crippen LogP contribution in [-0.4, -0.2) is 22.5 Å². The minimum Gasteiger partial charge on any atom is -0.478 e. The van der Waals surface area contributed by atoms with Crippen LogP contribution in [0.15, 0.2) is 24.5 Å². The molecule has 0 radical (unpaired) electrons. The van der Waals surface area contributed by atoms with Gasteiger partial charge in [-0.1, -0.05) is 17.7 Å². The van der Waals surface area contributed by atoms with Gasteiger partial charge >= 0.3 is 0 Å². The molecule has 0 saturated carbocycles. The number of aromatic nitrogens is 2. The lowest BCUT2D eigenvalue weighted by atomic mass is 10.1.